The van der Waals surface area contributed by atoms with Crippen molar-refractivity contribution in [2.24, 2.45) is 11.3 Å². The third-order valence-corrected chi connectivity index (χ3v) is 7.25. The van der Waals surface area contributed by atoms with E-state index < -0.39 is 84.2 Å². The highest BCUT2D eigenvalue weighted by atomic mass is 19.4. The van der Waals surface area contributed by atoms with Crippen LogP contribution in [0, 0.1) is 11.3 Å². The first-order valence-corrected chi connectivity index (χ1v) is 11.7. The number of alkyl halides is 6. The van der Waals surface area contributed by atoms with E-state index in [1.807, 2.05) is 0 Å². The van der Waals surface area contributed by atoms with E-state index in [4.69, 9.17) is 23.7 Å². The van der Waals surface area contributed by atoms with Crippen LogP contribution in [0.25, 0.3) is 0 Å². The van der Waals surface area contributed by atoms with Gasteiger partial charge in [0.2, 0.25) is 6.10 Å². The zero-order valence-corrected chi connectivity index (χ0v) is 20.0. The summed E-state index contributed by atoms with van der Waals surface area (Å²) in [4.78, 5) is 36.9. The predicted octanol–water partition coefficient (Wildman–Crippen LogP) is 3.32. The SMILES string of the molecule is CCC(C)(C)C(=O)O[C@@H]1C(=O)O[C@@H]2[C@H]3OC4(CCC(C(=O)OC(C(F)(F)F)C(F)(F)F)CC4)O[C@H]3O[C@@H]21. The maximum atomic E-state index is 12.7. The van der Waals surface area contributed by atoms with Crippen molar-refractivity contribution < 1.29 is 69.1 Å². The van der Waals surface area contributed by atoms with E-state index >= 15 is 0 Å². The summed E-state index contributed by atoms with van der Waals surface area (Å²) in [5.41, 5.74) is -0.843. The van der Waals surface area contributed by atoms with Crippen LogP contribution in [-0.4, -0.2) is 72.9 Å². The maximum Gasteiger partial charge on any atom is 0.434 e. The van der Waals surface area contributed by atoms with Crippen LogP contribution in [0.4, 0.5) is 26.3 Å². The molecule has 0 unspecified atom stereocenters. The standard InChI is InChI=1S/C22H26F6O9/c1-4-19(2,3)18(31)34-12-10-11(32-15(12)30)13-16(33-10)37-20(36-13)7-5-9(6-8-20)14(29)35-17(21(23,24)25)22(26,27)28/h9-13,16-17H,4-8H2,1-3H3/t9?,10-,11-,12-,13+,16+,20?/m0/s1. The largest absolute Gasteiger partial charge is 0.454 e. The summed E-state index contributed by atoms with van der Waals surface area (Å²) in [6.45, 7) is 5.10. The number of esters is 3. The molecule has 0 radical (unpaired) electrons. The van der Waals surface area contributed by atoms with Gasteiger partial charge in [0.25, 0.3) is 6.10 Å². The van der Waals surface area contributed by atoms with Gasteiger partial charge in [-0.25, -0.2) is 4.79 Å². The molecule has 3 aliphatic heterocycles. The Balaban J connectivity index is 1.34. The van der Waals surface area contributed by atoms with Gasteiger partial charge in [0.05, 0.1) is 11.3 Å². The Kier molecular flexibility index (Phi) is 6.98. The van der Waals surface area contributed by atoms with E-state index in [0.717, 1.165) is 0 Å². The molecule has 5 atom stereocenters. The fourth-order valence-corrected chi connectivity index (χ4v) is 4.66. The van der Waals surface area contributed by atoms with E-state index in [1.165, 1.54) is 0 Å². The molecule has 210 valence electrons. The lowest BCUT2D eigenvalue weighted by Crippen LogP contribution is -2.47. The van der Waals surface area contributed by atoms with Crippen LogP contribution in [0.1, 0.15) is 52.9 Å². The Hall–Kier alpha value is -2.13. The number of carbonyl (C=O) groups excluding carboxylic acids is 3. The second kappa shape index (κ2) is 9.26. The second-order valence-electron chi connectivity index (χ2n) is 10.2. The Bertz CT molecular complexity index is 911. The van der Waals surface area contributed by atoms with Crippen LogP contribution in [0.2, 0.25) is 0 Å². The van der Waals surface area contributed by atoms with Crippen molar-refractivity contribution in [1.82, 2.24) is 0 Å². The molecule has 15 heteroatoms. The van der Waals surface area contributed by atoms with E-state index in [-0.39, 0.29) is 25.7 Å². The quantitative estimate of drug-likeness (QED) is 0.291. The van der Waals surface area contributed by atoms with Crippen molar-refractivity contribution in [3.8, 4) is 0 Å². The third kappa shape index (κ3) is 5.26. The third-order valence-electron chi connectivity index (χ3n) is 7.25. The fraction of sp³-hybridized carbons (Fsp3) is 0.864. The van der Waals surface area contributed by atoms with Crippen molar-refractivity contribution in [3.63, 3.8) is 0 Å². The minimum Gasteiger partial charge on any atom is -0.454 e. The summed E-state index contributed by atoms with van der Waals surface area (Å²) in [6, 6.07) is 0. The number of fused-ring (bicyclic) bond motifs is 3. The number of carbonyl (C=O) groups is 3. The van der Waals surface area contributed by atoms with E-state index in [2.05, 4.69) is 4.74 Å². The van der Waals surface area contributed by atoms with Gasteiger partial charge < -0.3 is 28.4 Å². The molecule has 0 aromatic carbocycles. The number of ether oxygens (including phenoxy) is 6. The van der Waals surface area contributed by atoms with Crippen molar-refractivity contribution >= 4 is 17.9 Å². The number of hydrogen-bond acceptors (Lipinski definition) is 9. The molecule has 3 heterocycles. The topological polar surface area (TPSA) is 107 Å². The Morgan fingerprint density at radius 3 is 2.14 bits per heavy atom. The lowest BCUT2D eigenvalue weighted by molar-refractivity contribution is -0.315. The molecule has 1 saturated carbocycles. The van der Waals surface area contributed by atoms with Crippen LogP contribution in [0.15, 0.2) is 0 Å². The van der Waals surface area contributed by atoms with Gasteiger partial charge in [-0.1, -0.05) is 6.92 Å². The highest BCUT2D eigenvalue weighted by Gasteiger charge is 2.66. The minimum atomic E-state index is -5.80. The fourth-order valence-electron chi connectivity index (χ4n) is 4.66. The first-order chi connectivity index (χ1) is 17.0. The highest BCUT2D eigenvalue weighted by molar-refractivity contribution is 5.84. The molecule has 37 heavy (non-hydrogen) atoms. The second-order valence-corrected chi connectivity index (χ2v) is 10.2. The zero-order chi connectivity index (χ0) is 27.6. The normalized spacial score (nSPS) is 35.9. The molecule has 0 bridgehead atoms. The monoisotopic (exact) mass is 548 g/mol. The lowest BCUT2D eigenvalue weighted by Gasteiger charge is -2.36. The van der Waals surface area contributed by atoms with Gasteiger partial charge in [0, 0.05) is 12.8 Å². The van der Waals surface area contributed by atoms with E-state index in [0.29, 0.717) is 6.42 Å². The average molecular weight is 548 g/mol. The highest BCUT2D eigenvalue weighted by Crippen LogP contribution is 2.49. The zero-order valence-electron chi connectivity index (χ0n) is 20.0. The molecule has 0 amide bonds. The lowest BCUT2D eigenvalue weighted by atomic mass is 9.85. The summed E-state index contributed by atoms with van der Waals surface area (Å²) in [6.07, 6.45) is -21.0. The molecule has 4 aliphatic rings. The van der Waals surface area contributed by atoms with Gasteiger partial charge in [0.15, 0.2) is 24.3 Å². The number of rotatable bonds is 5. The molecular formula is C22H26F6O9. The van der Waals surface area contributed by atoms with Gasteiger partial charge in [-0.3, -0.25) is 9.59 Å². The van der Waals surface area contributed by atoms with Crippen molar-refractivity contribution in [1.29, 1.82) is 0 Å². The van der Waals surface area contributed by atoms with Crippen molar-refractivity contribution in [3.05, 3.63) is 0 Å². The summed E-state index contributed by atoms with van der Waals surface area (Å²) in [5.74, 6) is -5.60. The predicted molar refractivity (Wildman–Crippen MR) is 105 cm³/mol. The van der Waals surface area contributed by atoms with Gasteiger partial charge in [0.1, 0.15) is 6.10 Å². The van der Waals surface area contributed by atoms with Crippen LogP contribution < -0.4 is 0 Å². The van der Waals surface area contributed by atoms with E-state index in [9.17, 15) is 40.7 Å². The number of halogens is 6. The Morgan fingerprint density at radius 1 is 1.00 bits per heavy atom. The smallest absolute Gasteiger partial charge is 0.434 e. The molecule has 9 nitrogen and oxygen atoms in total. The van der Waals surface area contributed by atoms with Crippen LogP contribution in [0.5, 0.6) is 0 Å². The van der Waals surface area contributed by atoms with Crippen molar-refractivity contribution in [2.45, 2.75) is 108 Å². The molecular weight excluding hydrogens is 522 g/mol. The average Bonchev–Trinajstić information content (AvgIpc) is 3.38. The van der Waals surface area contributed by atoms with Gasteiger partial charge in [-0.15, -0.1) is 0 Å². The molecule has 4 fully saturated rings. The molecule has 0 aromatic rings. The van der Waals surface area contributed by atoms with Gasteiger partial charge in [-0.2, -0.15) is 26.3 Å². The van der Waals surface area contributed by atoms with Crippen LogP contribution in [-0.2, 0) is 42.8 Å². The summed E-state index contributed by atoms with van der Waals surface area (Å²) >= 11 is 0. The van der Waals surface area contributed by atoms with Crippen LogP contribution >= 0.6 is 0 Å². The molecule has 0 N–H and O–H groups in total. The maximum absolute atomic E-state index is 12.7. The summed E-state index contributed by atoms with van der Waals surface area (Å²) < 4.78 is 108. The van der Waals surface area contributed by atoms with Gasteiger partial charge in [-0.05, 0) is 33.1 Å². The first kappa shape index (κ1) is 27.9. The number of hydrogen-bond donors (Lipinski definition) is 0. The van der Waals surface area contributed by atoms with Crippen molar-refractivity contribution in [2.75, 3.05) is 0 Å². The Labute approximate surface area is 207 Å². The molecule has 3 saturated heterocycles. The minimum absolute atomic E-state index is 0.0553. The molecule has 1 spiro atoms. The first-order valence-electron chi connectivity index (χ1n) is 11.7. The summed E-state index contributed by atoms with van der Waals surface area (Å²) in [5, 5.41) is 0. The molecule has 0 aromatic heterocycles. The summed E-state index contributed by atoms with van der Waals surface area (Å²) in [7, 11) is 0. The van der Waals surface area contributed by atoms with Gasteiger partial charge >= 0.3 is 30.3 Å². The van der Waals surface area contributed by atoms with E-state index in [1.54, 1.807) is 20.8 Å². The Morgan fingerprint density at radius 2 is 1.59 bits per heavy atom. The molecule has 4 rings (SSSR count). The van der Waals surface area contributed by atoms with Crippen LogP contribution in [0.3, 0.4) is 0 Å². The molecule has 1 aliphatic carbocycles.